The van der Waals surface area contributed by atoms with E-state index in [0.29, 0.717) is 5.75 Å². The smallest absolute Gasteiger partial charge is 0.312 e. The molecule has 8 nitrogen and oxygen atoms in total. The zero-order valence-corrected chi connectivity index (χ0v) is 14.8. The fourth-order valence-corrected chi connectivity index (χ4v) is 2.44. The number of carbonyl (C=O) groups is 1. The highest BCUT2D eigenvalue weighted by molar-refractivity contribution is 6.31. The number of nitrogens with zero attached hydrogens (tertiary/aromatic N) is 2. The quantitative estimate of drug-likeness (QED) is 0.456. The first-order valence-electron chi connectivity index (χ1n) is 7.46. The van der Waals surface area contributed by atoms with Gasteiger partial charge in [0.25, 0.3) is 5.91 Å². The number of aromatic hydroxyl groups is 1. The number of aryl methyl sites for hydroxylation is 2. The van der Waals surface area contributed by atoms with Crippen LogP contribution >= 0.6 is 11.6 Å². The fraction of sp³-hybridized carbons (Fsp3) is 0.176. The number of nitrogens with one attached hydrogen (secondary N) is 1. The van der Waals surface area contributed by atoms with Crippen LogP contribution in [0.15, 0.2) is 35.4 Å². The fourth-order valence-electron chi connectivity index (χ4n) is 2.21. The van der Waals surface area contributed by atoms with E-state index in [4.69, 9.17) is 16.3 Å². The Morgan fingerprint density at radius 3 is 2.58 bits per heavy atom. The maximum Gasteiger partial charge on any atom is 0.312 e. The average molecular weight is 378 g/mol. The Bertz CT molecular complexity index is 863. The van der Waals surface area contributed by atoms with E-state index >= 15 is 0 Å². The number of nitro benzene ring substituents is 1. The molecule has 1 amide bonds. The van der Waals surface area contributed by atoms with Gasteiger partial charge >= 0.3 is 5.69 Å². The van der Waals surface area contributed by atoms with E-state index in [-0.39, 0.29) is 17.2 Å². The van der Waals surface area contributed by atoms with Crippen LogP contribution in [0, 0.1) is 24.0 Å². The topological polar surface area (TPSA) is 114 Å². The van der Waals surface area contributed by atoms with Gasteiger partial charge < -0.3 is 9.84 Å². The first kappa shape index (κ1) is 19.2. The Labute approximate surface area is 154 Å². The van der Waals surface area contributed by atoms with Gasteiger partial charge in [-0.2, -0.15) is 5.10 Å². The van der Waals surface area contributed by atoms with Crippen molar-refractivity contribution in [3.05, 3.63) is 62.2 Å². The Morgan fingerprint density at radius 2 is 1.96 bits per heavy atom. The van der Waals surface area contributed by atoms with Gasteiger partial charge in [0, 0.05) is 16.7 Å². The van der Waals surface area contributed by atoms with Crippen LogP contribution in [-0.4, -0.2) is 28.8 Å². The summed E-state index contributed by atoms with van der Waals surface area (Å²) in [4.78, 5) is 21.8. The molecule has 9 heteroatoms. The molecule has 26 heavy (non-hydrogen) atoms. The highest BCUT2D eigenvalue weighted by atomic mass is 35.5. The number of rotatable bonds is 6. The molecule has 0 fully saturated rings. The third-order valence-electron chi connectivity index (χ3n) is 3.24. The van der Waals surface area contributed by atoms with E-state index in [1.807, 2.05) is 19.9 Å². The summed E-state index contributed by atoms with van der Waals surface area (Å²) in [6.07, 6.45) is 1.06. The molecule has 0 saturated heterocycles. The summed E-state index contributed by atoms with van der Waals surface area (Å²) < 4.78 is 5.38. The molecule has 0 aliphatic carbocycles. The standard InChI is InChI=1S/C17H16ClN3O5/c1-10-3-11(2)5-14(4-10)26-9-16(22)20-19-8-12-6-13(18)7-15(17(12)23)21(24)25/h3-8,23H,9H2,1-2H3,(H,20,22). The molecule has 0 spiro atoms. The molecular formula is C17H16ClN3O5. The summed E-state index contributed by atoms with van der Waals surface area (Å²) in [5.41, 5.74) is 3.68. The van der Waals surface area contributed by atoms with E-state index in [0.717, 1.165) is 23.4 Å². The first-order chi connectivity index (χ1) is 12.3. The van der Waals surface area contributed by atoms with Crippen molar-refractivity contribution in [2.45, 2.75) is 13.8 Å². The van der Waals surface area contributed by atoms with Crippen molar-refractivity contribution >= 4 is 29.4 Å². The molecule has 136 valence electrons. The van der Waals surface area contributed by atoms with Gasteiger partial charge in [-0.1, -0.05) is 17.7 Å². The van der Waals surface area contributed by atoms with Crippen LogP contribution in [0.25, 0.3) is 0 Å². The van der Waals surface area contributed by atoms with Gasteiger partial charge in [-0.15, -0.1) is 0 Å². The van der Waals surface area contributed by atoms with Gasteiger partial charge in [0.2, 0.25) is 5.75 Å². The van der Waals surface area contributed by atoms with E-state index in [9.17, 15) is 20.0 Å². The van der Waals surface area contributed by atoms with E-state index in [1.54, 1.807) is 12.1 Å². The zero-order valence-electron chi connectivity index (χ0n) is 14.0. The third kappa shape index (κ3) is 5.18. The predicted octanol–water partition coefficient (Wildman–Crippen LogP) is 3.10. The zero-order chi connectivity index (χ0) is 19.3. The predicted molar refractivity (Wildman–Crippen MR) is 96.9 cm³/mol. The number of hydrogen-bond acceptors (Lipinski definition) is 6. The molecule has 0 saturated carbocycles. The number of halogens is 1. The summed E-state index contributed by atoms with van der Waals surface area (Å²) in [5, 5.41) is 24.4. The van der Waals surface area contributed by atoms with Crippen molar-refractivity contribution in [1.82, 2.24) is 5.43 Å². The highest BCUT2D eigenvalue weighted by Crippen LogP contribution is 2.32. The average Bonchev–Trinajstić information content (AvgIpc) is 2.54. The van der Waals surface area contributed by atoms with Gasteiger partial charge in [-0.3, -0.25) is 14.9 Å². The minimum atomic E-state index is -0.769. The molecular weight excluding hydrogens is 362 g/mol. The molecule has 0 unspecified atom stereocenters. The summed E-state index contributed by atoms with van der Waals surface area (Å²) in [7, 11) is 0. The third-order valence-corrected chi connectivity index (χ3v) is 3.46. The molecule has 2 rings (SSSR count). The minimum Gasteiger partial charge on any atom is -0.502 e. The SMILES string of the molecule is Cc1cc(C)cc(OCC(=O)NN=Cc2cc(Cl)cc([N+](=O)[O-])c2O)c1. The van der Waals surface area contributed by atoms with Crippen molar-refractivity contribution in [3.8, 4) is 11.5 Å². The summed E-state index contributed by atoms with van der Waals surface area (Å²) in [6.45, 7) is 3.57. The van der Waals surface area contributed by atoms with Crippen molar-refractivity contribution in [2.75, 3.05) is 6.61 Å². The number of phenolic OH excluding ortho intramolecular Hbond substituents is 1. The number of amides is 1. The van der Waals surface area contributed by atoms with Crippen LogP contribution in [0.5, 0.6) is 11.5 Å². The van der Waals surface area contributed by atoms with Crippen LogP contribution < -0.4 is 10.2 Å². The molecule has 0 aromatic heterocycles. The molecule has 2 aromatic rings. The lowest BCUT2D eigenvalue weighted by Crippen LogP contribution is -2.24. The maximum atomic E-state index is 11.8. The number of ether oxygens (including phenoxy) is 1. The largest absolute Gasteiger partial charge is 0.502 e. The van der Waals surface area contributed by atoms with Gasteiger partial charge in [0.05, 0.1) is 11.1 Å². The Morgan fingerprint density at radius 1 is 1.31 bits per heavy atom. The van der Waals surface area contributed by atoms with Crippen LogP contribution in [0.4, 0.5) is 5.69 Å². The molecule has 2 N–H and O–H groups in total. The van der Waals surface area contributed by atoms with E-state index in [1.165, 1.54) is 6.07 Å². The number of nitro groups is 1. The summed E-state index contributed by atoms with van der Waals surface area (Å²) >= 11 is 5.77. The molecule has 0 radical (unpaired) electrons. The van der Waals surface area contributed by atoms with E-state index < -0.39 is 22.3 Å². The van der Waals surface area contributed by atoms with Gasteiger partial charge in [-0.25, -0.2) is 5.43 Å². The van der Waals surface area contributed by atoms with Crippen LogP contribution in [-0.2, 0) is 4.79 Å². The number of hydrogen-bond donors (Lipinski definition) is 2. The van der Waals surface area contributed by atoms with Crippen molar-refractivity contribution < 1.29 is 19.6 Å². The molecule has 0 bridgehead atoms. The van der Waals surface area contributed by atoms with Gasteiger partial charge in [0.1, 0.15) is 5.75 Å². The lowest BCUT2D eigenvalue weighted by Gasteiger charge is -2.07. The lowest BCUT2D eigenvalue weighted by atomic mass is 10.1. The number of benzene rings is 2. The molecule has 0 heterocycles. The highest BCUT2D eigenvalue weighted by Gasteiger charge is 2.17. The Kier molecular flexibility index (Phi) is 6.13. The van der Waals surface area contributed by atoms with Gasteiger partial charge in [0.15, 0.2) is 6.61 Å². The number of hydrazone groups is 1. The second kappa shape index (κ2) is 8.30. The Hall–Kier alpha value is -3.13. The lowest BCUT2D eigenvalue weighted by molar-refractivity contribution is -0.385. The number of carbonyl (C=O) groups excluding carboxylic acids is 1. The number of phenols is 1. The normalized spacial score (nSPS) is 10.7. The van der Waals surface area contributed by atoms with Crippen molar-refractivity contribution in [2.24, 2.45) is 5.10 Å². The van der Waals surface area contributed by atoms with Crippen molar-refractivity contribution in [3.63, 3.8) is 0 Å². The van der Waals surface area contributed by atoms with Crippen LogP contribution in [0.2, 0.25) is 5.02 Å². The molecule has 0 aliphatic heterocycles. The summed E-state index contributed by atoms with van der Waals surface area (Å²) in [5.74, 6) is -0.565. The van der Waals surface area contributed by atoms with Crippen LogP contribution in [0.3, 0.4) is 0 Å². The minimum absolute atomic E-state index is 0.000252. The second-order valence-corrected chi connectivity index (χ2v) is 5.96. The second-order valence-electron chi connectivity index (χ2n) is 5.53. The van der Waals surface area contributed by atoms with E-state index in [2.05, 4.69) is 10.5 Å². The van der Waals surface area contributed by atoms with Crippen molar-refractivity contribution in [1.29, 1.82) is 0 Å². The molecule has 0 aliphatic rings. The monoisotopic (exact) mass is 377 g/mol. The molecule has 2 aromatic carbocycles. The van der Waals surface area contributed by atoms with Crippen LogP contribution in [0.1, 0.15) is 16.7 Å². The molecule has 0 atom stereocenters. The van der Waals surface area contributed by atoms with Gasteiger partial charge in [-0.05, 0) is 43.2 Å². The summed E-state index contributed by atoms with van der Waals surface area (Å²) in [6, 6.07) is 7.88. The first-order valence-corrected chi connectivity index (χ1v) is 7.84. The Balaban J connectivity index is 1.98. The maximum absolute atomic E-state index is 11.8.